The van der Waals surface area contributed by atoms with Gasteiger partial charge in [-0.05, 0) is 25.0 Å². The molecule has 2 aromatic rings. The third-order valence-corrected chi connectivity index (χ3v) is 7.04. The highest BCUT2D eigenvalue weighted by molar-refractivity contribution is 6.20. The van der Waals surface area contributed by atoms with Crippen molar-refractivity contribution >= 4 is 22.9 Å². The molecular weight excluding hydrogens is 424 g/mol. The summed E-state index contributed by atoms with van der Waals surface area (Å²) in [7, 11) is 0. The Hall–Kier alpha value is -4.45. The third kappa shape index (κ3) is 1.93. The Morgan fingerprint density at radius 3 is 2.55 bits per heavy atom. The summed E-state index contributed by atoms with van der Waals surface area (Å²) in [5, 5.41) is 21.3. The van der Waals surface area contributed by atoms with Crippen LogP contribution in [0.25, 0.3) is 0 Å². The predicted molar refractivity (Wildman–Crippen MR) is 114 cm³/mol. The van der Waals surface area contributed by atoms with Crippen LogP contribution in [0.5, 0.6) is 0 Å². The number of non-ortho nitro benzene ring substituents is 1. The Balaban J connectivity index is 1.74. The highest BCUT2D eigenvalue weighted by atomic mass is 16.6. The number of carbonyl (C=O) groups excluding carboxylic acids is 2. The molecule has 2 N–H and O–H groups in total. The summed E-state index contributed by atoms with van der Waals surface area (Å²) < 4.78 is 6.29. The number of hydrogen-bond acceptors (Lipinski definition) is 8. The van der Waals surface area contributed by atoms with Crippen molar-refractivity contribution < 1.29 is 19.2 Å². The van der Waals surface area contributed by atoms with Crippen LogP contribution >= 0.6 is 0 Å². The number of rotatable bonds is 2. The number of nitriles is 1. The van der Waals surface area contributed by atoms with Crippen molar-refractivity contribution in [2.45, 2.75) is 25.0 Å². The quantitative estimate of drug-likeness (QED) is 0.555. The maximum absolute atomic E-state index is 14.1. The van der Waals surface area contributed by atoms with Gasteiger partial charge in [0.15, 0.2) is 17.0 Å². The smallest absolute Gasteiger partial charge is 0.269 e. The lowest BCUT2D eigenvalue weighted by Crippen LogP contribution is -2.52. The molecule has 0 aromatic heterocycles. The van der Waals surface area contributed by atoms with Crippen molar-refractivity contribution in [3.8, 4) is 6.07 Å². The number of allylic oxidation sites excluding steroid dienone is 1. The number of nitrogens with two attached hydrogens (primary N) is 1. The molecule has 2 aliphatic heterocycles. The Kier molecular flexibility index (Phi) is 3.54. The SMILES string of the molecule is N#CC1=C(N)O[C@@]23c4ccccc4C(=O)[C@@]12C1=C(CCCC1=O)N3c1ccc([N+](=O)[O-])cc1. The van der Waals surface area contributed by atoms with Gasteiger partial charge in [-0.1, -0.05) is 24.3 Å². The number of hydrogen-bond donors (Lipinski definition) is 1. The van der Waals surface area contributed by atoms with E-state index in [9.17, 15) is 25.0 Å². The summed E-state index contributed by atoms with van der Waals surface area (Å²) in [6.07, 6.45) is 1.30. The summed E-state index contributed by atoms with van der Waals surface area (Å²) in [4.78, 5) is 39.9. The molecule has 0 spiro atoms. The van der Waals surface area contributed by atoms with E-state index in [4.69, 9.17) is 10.5 Å². The van der Waals surface area contributed by atoms with E-state index in [1.165, 1.54) is 12.1 Å². The van der Waals surface area contributed by atoms with Gasteiger partial charge in [-0.15, -0.1) is 0 Å². The van der Waals surface area contributed by atoms with Gasteiger partial charge in [-0.2, -0.15) is 5.26 Å². The van der Waals surface area contributed by atoms with Crippen molar-refractivity contribution in [3.63, 3.8) is 0 Å². The van der Waals surface area contributed by atoms with Crippen LogP contribution < -0.4 is 10.6 Å². The van der Waals surface area contributed by atoms with E-state index < -0.39 is 21.8 Å². The minimum atomic E-state index is -1.72. The molecule has 9 heteroatoms. The monoisotopic (exact) mass is 440 g/mol. The van der Waals surface area contributed by atoms with Gasteiger partial charge in [-0.3, -0.25) is 19.7 Å². The number of nitro groups is 1. The number of ether oxygens (including phenoxy) is 1. The van der Waals surface area contributed by atoms with E-state index >= 15 is 0 Å². The number of Topliss-reactive ketones (excluding diaryl/α,β-unsaturated/α-hetero) is 2. The molecular formula is C24H16N4O5. The first-order valence-corrected chi connectivity index (χ1v) is 10.4. The van der Waals surface area contributed by atoms with E-state index in [1.807, 2.05) is 0 Å². The average molecular weight is 440 g/mol. The molecule has 2 aromatic carbocycles. The Morgan fingerprint density at radius 1 is 1.12 bits per heavy atom. The Bertz CT molecular complexity index is 1420. The first-order valence-electron chi connectivity index (χ1n) is 10.4. The van der Waals surface area contributed by atoms with Crippen molar-refractivity contribution in [2.24, 2.45) is 11.1 Å². The van der Waals surface area contributed by atoms with Crippen LogP contribution in [0, 0.1) is 26.9 Å². The van der Waals surface area contributed by atoms with Gasteiger partial charge in [0.1, 0.15) is 11.6 Å². The van der Waals surface area contributed by atoms with E-state index in [1.54, 1.807) is 41.3 Å². The number of ketones is 2. The lowest BCUT2D eigenvalue weighted by atomic mass is 9.66. The number of nitro benzene ring substituents is 1. The zero-order chi connectivity index (χ0) is 23.1. The van der Waals surface area contributed by atoms with Gasteiger partial charge in [0, 0.05) is 46.6 Å². The molecule has 0 fully saturated rings. The second kappa shape index (κ2) is 6.07. The van der Waals surface area contributed by atoms with Crippen LogP contribution in [0.4, 0.5) is 11.4 Å². The van der Waals surface area contributed by atoms with Crippen LogP contribution in [-0.2, 0) is 15.3 Å². The molecule has 33 heavy (non-hydrogen) atoms. The minimum Gasteiger partial charge on any atom is -0.446 e. The van der Waals surface area contributed by atoms with Crippen molar-refractivity contribution in [3.05, 3.63) is 92.5 Å². The fourth-order valence-electron chi connectivity index (χ4n) is 5.95. The Labute approximate surface area is 187 Å². The van der Waals surface area contributed by atoms with Gasteiger partial charge in [-0.25, -0.2) is 0 Å². The molecule has 6 rings (SSSR count). The van der Waals surface area contributed by atoms with E-state index in [0.717, 1.165) is 0 Å². The van der Waals surface area contributed by atoms with Gasteiger partial charge in [0.05, 0.1) is 4.92 Å². The summed E-state index contributed by atoms with van der Waals surface area (Å²) >= 11 is 0. The second-order valence-electron chi connectivity index (χ2n) is 8.43. The van der Waals surface area contributed by atoms with Gasteiger partial charge in [0.2, 0.25) is 11.6 Å². The first-order chi connectivity index (χ1) is 15.9. The van der Waals surface area contributed by atoms with Crippen molar-refractivity contribution in [1.29, 1.82) is 5.26 Å². The van der Waals surface area contributed by atoms with Crippen LogP contribution in [0.2, 0.25) is 0 Å². The van der Waals surface area contributed by atoms with E-state index in [2.05, 4.69) is 6.07 Å². The predicted octanol–water partition coefficient (Wildman–Crippen LogP) is 3.18. The maximum Gasteiger partial charge on any atom is 0.269 e. The second-order valence-corrected chi connectivity index (χ2v) is 8.43. The molecule has 0 unspecified atom stereocenters. The standard InChI is InChI=1S/C24H16N4O5/c25-12-17-22(26)33-24-16-5-2-1-4-15(16)21(30)23(17,24)20-18(6-3-7-19(20)29)27(24)13-8-10-14(11-9-13)28(31)32/h1-2,4-5,8-11H,3,6-7,26H2/t23-,24-/m0/s1. The summed E-state index contributed by atoms with van der Waals surface area (Å²) in [6.45, 7) is 0. The lowest BCUT2D eigenvalue weighted by molar-refractivity contribution is -0.384. The number of nitrogens with zero attached hydrogens (tertiary/aromatic N) is 3. The molecule has 4 aliphatic rings. The van der Waals surface area contributed by atoms with Crippen molar-refractivity contribution in [1.82, 2.24) is 0 Å². The van der Waals surface area contributed by atoms with Gasteiger partial charge >= 0.3 is 0 Å². The highest BCUT2D eigenvalue weighted by Crippen LogP contribution is 2.72. The minimum absolute atomic E-state index is 0.0733. The molecule has 0 radical (unpaired) electrons. The molecule has 0 bridgehead atoms. The molecule has 0 amide bonds. The van der Waals surface area contributed by atoms with Crippen LogP contribution in [0.3, 0.4) is 0 Å². The van der Waals surface area contributed by atoms with Gasteiger partial charge in [0.25, 0.3) is 5.69 Å². The molecule has 2 aliphatic carbocycles. The average Bonchev–Trinajstić information content (AvgIpc) is 3.30. The number of fused-ring (bicyclic) bond motifs is 1. The lowest BCUT2D eigenvalue weighted by Gasteiger charge is -2.41. The zero-order valence-electron chi connectivity index (χ0n) is 17.2. The summed E-state index contributed by atoms with van der Waals surface area (Å²) in [5.74, 6) is -0.823. The van der Waals surface area contributed by atoms with Crippen molar-refractivity contribution in [2.75, 3.05) is 4.90 Å². The fourth-order valence-corrected chi connectivity index (χ4v) is 5.95. The zero-order valence-corrected chi connectivity index (χ0v) is 17.2. The van der Waals surface area contributed by atoms with Crippen LogP contribution in [-0.4, -0.2) is 16.5 Å². The van der Waals surface area contributed by atoms with Crippen LogP contribution in [0.1, 0.15) is 35.2 Å². The van der Waals surface area contributed by atoms with Crippen LogP contribution in [0.15, 0.2) is 71.3 Å². The number of carbonyl (C=O) groups is 2. The maximum atomic E-state index is 14.1. The highest BCUT2D eigenvalue weighted by Gasteiger charge is 2.81. The molecule has 2 atom stereocenters. The largest absolute Gasteiger partial charge is 0.446 e. The molecule has 0 saturated carbocycles. The topological polar surface area (TPSA) is 140 Å². The van der Waals surface area contributed by atoms with E-state index in [-0.39, 0.29) is 34.9 Å². The molecule has 0 saturated heterocycles. The normalized spacial score (nSPS) is 27.1. The molecule has 162 valence electrons. The summed E-state index contributed by atoms with van der Waals surface area (Å²) in [6, 6.07) is 14.8. The Morgan fingerprint density at radius 2 is 1.85 bits per heavy atom. The number of anilines is 1. The first kappa shape index (κ1) is 19.3. The van der Waals surface area contributed by atoms with Gasteiger partial charge < -0.3 is 15.4 Å². The molecule has 2 heterocycles. The fraction of sp³-hybridized carbons (Fsp3) is 0.208. The summed E-state index contributed by atoms with van der Waals surface area (Å²) in [5.41, 5.74) is 4.90. The number of benzene rings is 2. The van der Waals surface area contributed by atoms with E-state index in [0.29, 0.717) is 35.4 Å². The molecule has 9 nitrogen and oxygen atoms in total. The third-order valence-electron chi connectivity index (χ3n) is 7.04.